The molecule has 2 aromatic rings. The topological polar surface area (TPSA) is 44.2 Å². The lowest BCUT2D eigenvalue weighted by molar-refractivity contribution is 0.127. The molecule has 6 heteroatoms. The molecular weight excluding hydrogens is 344 g/mol. The molecule has 4 nitrogen and oxygen atoms in total. The molecular formula is C14H14BrClN2O2. The smallest absolute Gasteiger partial charge is 0.218 e. The van der Waals surface area contributed by atoms with E-state index in [4.69, 9.17) is 21.1 Å². The number of nitrogens with zero attached hydrogens (tertiary/aromatic N) is 2. The van der Waals surface area contributed by atoms with Crippen molar-refractivity contribution in [1.29, 1.82) is 0 Å². The minimum absolute atomic E-state index is 0.325. The maximum absolute atomic E-state index is 5.94. The van der Waals surface area contributed by atoms with Gasteiger partial charge < -0.3 is 9.47 Å². The van der Waals surface area contributed by atoms with Crippen molar-refractivity contribution in [2.24, 2.45) is 0 Å². The van der Waals surface area contributed by atoms with E-state index in [1.165, 1.54) is 0 Å². The molecule has 1 heterocycles. The fourth-order valence-electron chi connectivity index (χ4n) is 1.51. The molecule has 0 amide bonds. The van der Waals surface area contributed by atoms with Crippen LogP contribution in [0.25, 0.3) is 0 Å². The predicted octanol–water partition coefficient (Wildman–Crippen LogP) is 4.01. The number of benzene rings is 1. The molecule has 1 aromatic carbocycles. The molecule has 0 saturated heterocycles. The first-order valence-electron chi connectivity index (χ1n) is 6.16. The molecule has 0 N–H and O–H groups in total. The molecule has 0 bridgehead atoms. The van der Waals surface area contributed by atoms with Crippen LogP contribution in [0, 0.1) is 0 Å². The number of aromatic nitrogens is 2. The molecule has 2 rings (SSSR count). The Morgan fingerprint density at radius 2 is 1.90 bits per heavy atom. The second kappa shape index (κ2) is 7.57. The number of hydrogen-bond acceptors (Lipinski definition) is 4. The molecule has 0 spiro atoms. The summed E-state index contributed by atoms with van der Waals surface area (Å²) in [6, 6.07) is 9.48. The molecule has 0 aliphatic heterocycles. The first kappa shape index (κ1) is 15.2. The third-order valence-corrected chi connectivity index (χ3v) is 3.18. The van der Waals surface area contributed by atoms with E-state index in [9.17, 15) is 0 Å². The van der Waals surface area contributed by atoms with E-state index in [1.54, 1.807) is 6.07 Å². The summed E-state index contributed by atoms with van der Waals surface area (Å²) in [5.41, 5.74) is 1.05. The predicted molar refractivity (Wildman–Crippen MR) is 80.8 cm³/mol. The Hall–Kier alpha value is -1.17. The molecule has 106 valence electrons. The van der Waals surface area contributed by atoms with Crippen LogP contribution in [-0.2, 0) is 18.0 Å². The van der Waals surface area contributed by atoms with E-state index in [2.05, 4.69) is 25.9 Å². The number of hydrogen-bond donors (Lipinski definition) is 0. The van der Waals surface area contributed by atoms with E-state index in [0.29, 0.717) is 36.7 Å². The average Bonchev–Trinajstić information content (AvgIpc) is 2.44. The third-order valence-electron chi connectivity index (χ3n) is 2.45. The maximum atomic E-state index is 5.94. The Labute approximate surface area is 131 Å². The molecule has 0 aliphatic carbocycles. The van der Waals surface area contributed by atoms with E-state index in [-0.39, 0.29) is 0 Å². The van der Waals surface area contributed by atoms with Gasteiger partial charge in [0, 0.05) is 17.1 Å². The highest BCUT2D eigenvalue weighted by Crippen LogP contribution is 2.17. The minimum Gasteiger partial charge on any atom is -0.473 e. The van der Waals surface area contributed by atoms with Crippen molar-refractivity contribution in [2.45, 2.75) is 20.1 Å². The summed E-state index contributed by atoms with van der Waals surface area (Å²) in [4.78, 5) is 8.33. The van der Waals surface area contributed by atoms with Gasteiger partial charge in [0.15, 0.2) is 5.82 Å². The van der Waals surface area contributed by atoms with Gasteiger partial charge in [0.1, 0.15) is 18.4 Å². The Kier molecular flexibility index (Phi) is 5.76. The van der Waals surface area contributed by atoms with Crippen molar-refractivity contribution in [1.82, 2.24) is 9.97 Å². The summed E-state index contributed by atoms with van der Waals surface area (Å²) < 4.78 is 11.9. The zero-order valence-corrected chi connectivity index (χ0v) is 13.3. The Balaban J connectivity index is 2.01. The SMILES string of the molecule is CCOCc1nc(Cl)cc(OCc2ccc(Br)cc2)n1. The summed E-state index contributed by atoms with van der Waals surface area (Å²) in [6.07, 6.45) is 0. The maximum Gasteiger partial charge on any atom is 0.218 e. The van der Waals surface area contributed by atoms with Crippen LogP contribution < -0.4 is 4.74 Å². The van der Waals surface area contributed by atoms with E-state index in [0.717, 1.165) is 10.0 Å². The van der Waals surface area contributed by atoms with Gasteiger partial charge in [-0.3, -0.25) is 0 Å². The van der Waals surface area contributed by atoms with Crippen molar-refractivity contribution in [3.05, 3.63) is 51.3 Å². The molecule has 0 aliphatic rings. The highest BCUT2D eigenvalue weighted by molar-refractivity contribution is 9.10. The van der Waals surface area contributed by atoms with Crippen LogP contribution in [0.4, 0.5) is 0 Å². The minimum atomic E-state index is 0.325. The van der Waals surface area contributed by atoms with Crippen molar-refractivity contribution in [3.8, 4) is 5.88 Å². The Morgan fingerprint density at radius 1 is 1.15 bits per heavy atom. The highest BCUT2D eigenvalue weighted by atomic mass is 79.9. The van der Waals surface area contributed by atoms with Crippen LogP contribution in [0.3, 0.4) is 0 Å². The molecule has 0 radical (unpaired) electrons. The fraction of sp³-hybridized carbons (Fsp3) is 0.286. The lowest BCUT2D eigenvalue weighted by Gasteiger charge is -2.08. The van der Waals surface area contributed by atoms with Crippen molar-refractivity contribution in [2.75, 3.05) is 6.61 Å². The monoisotopic (exact) mass is 356 g/mol. The zero-order valence-electron chi connectivity index (χ0n) is 11.0. The van der Waals surface area contributed by atoms with Crippen molar-refractivity contribution in [3.63, 3.8) is 0 Å². The van der Waals surface area contributed by atoms with Crippen molar-refractivity contribution >= 4 is 27.5 Å². The van der Waals surface area contributed by atoms with Crippen LogP contribution in [0.15, 0.2) is 34.8 Å². The van der Waals surface area contributed by atoms with Gasteiger partial charge in [-0.25, -0.2) is 4.98 Å². The fourth-order valence-corrected chi connectivity index (χ4v) is 1.97. The second-order valence-electron chi connectivity index (χ2n) is 4.00. The van der Waals surface area contributed by atoms with Gasteiger partial charge in [0.25, 0.3) is 0 Å². The summed E-state index contributed by atoms with van der Waals surface area (Å²) in [5.74, 6) is 0.966. The quantitative estimate of drug-likeness (QED) is 0.733. The summed E-state index contributed by atoms with van der Waals surface area (Å²) >= 11 is 9.33. The zero-order chi connectivity index (χ0) is 14.4. The van der Waals surface area contributed by atoms with Crippen LogP contribution in [0.2, 0.25) is 5.15 Å². The van der Waals surface area contributed by atoms with E-state index < -0.39 is 0 Å². The molecule has 0 atom stereocenters. The second-order valence-corrected chi connectivity index (χ2v) is 5.30. The number of rotatable bonds is 6. The highest BCUT2D eigenvalue weighted by Gasteiger charge is 2.05. The normalized spacial score (nSPS) is 10.6. The standard InChI is InChI=1S/C14H14BrClN2O2/c1-2-19-9-13-17-12(16)7-14(18-13)20-8-10-3-5-11(15)6-4-10/h3-7H,2,8-9H2,1H3. The molecule has 20 heavy (non-hydrogen) atoms. The number of halogens is 2. The molecule has 0 fully saturated rings. The average molecular weight is 358 g/mol. The van der Waals surface area contributed by atoms with Gasteiger partial charge in [-0.1, -0.05) is 39.7 Å². The number of ether oxygens (including phenoxy) is 2. The van der Waals surface area contributed by atoms with Gasteiger partial charge in [-0.2, -0.15) is 4.98 Å². The van der Waals surface area contributed by atoms with Crippen molar-refractivity contribution < 1.29 is 9.47 Å². The summed E-state index contributed by atoms with van der Waals surface area (Å²) in [7, 11) is 0. The van der Waals surface area contributed by atoms with Gasteiger partial charge in [-0.15, -0.1) is 0 Å². The molecule has 0 unspecified atom stereocenters. The Morgan fingerprint density at radius 3 is 2.60 bits per heavy atom. The third kappa shape index (κ3) is 4.74. The van der Waals surface area contributed by atoms with Crippen LogP contribution >= 0.6 is 27.5 Å². The van der Waals surface area contributed by atoms with Gasteiger partial charge >= 0.3 is 0 Å². The van der Waals surface area contributed by atoms with Crippen LogP contribution in [-0.4, -0.2) is 16.6 Å². The summed E-state index contributed by atoms with van der Waals surface area (Å²) in [6.45, 7) is 3.26. The van der Waals surface area contributed by atoms with Gasteiger partial charge in [-0.05, 0) is 24.6 Å². The summed E-state index contributed by atoms with van der Waals surface area (Å²) in [5, 5.41) is 0.348. The van der Waals surface area contributed by atoms with Gasteiger partial charge in [0.2, 0.25) is 5.88 Å². The van der Waals surface area contributed by atoms with Gasteiger partial charge in [0.05, 0.1) is 0 Å². The first-order valence-corrected chi connectivity index (χ1v) is 7.33. The Bertz CT molecular complexity index is 564. The lowest BCUT2D eigenvalue weighted by Crippen LogP contribution is -2.03. The first-order chi connectivity index (χ1) is 9.67. The van der Waals surface area contributed by atoms with E-state index >= 15 is 0 Å². The van der Waals surface area contributed by atoms with Crippen LogP contribution in [0.1, 0.15) is 18.3 Å². The lowest BCUT2D eigenvalue weighted by atomic mass is 10.2. The van der Waals surface area contributed by atoms with E-state index in [1.807, 2.05) is 31.2 Å². The van der Waals surface area contributed by atoms with Crippen LogP contribution in [0.5, 0.6) is 5.88 Å². The molecule has 1 aromatic heterocycles. The largest absolute Gasteiger partial charge is 0.473 e. The molecule has 0 saturated carbocycles.